The predicted octanol–water partition coefficient (Wildman–Crippen LogP) is 2.40. The third kappa shape index (κ3) is 4.32. The van der Waals surface area contributed by atoms with Crippen molar-refractivity contribution in [3.63, 3.8) is 0 Å². The van der Waals surface area contributed by atoms with Crippen molar-refractivity contribution in [2.75, 3.05) is 17.1 Å². The van der Waals surface area contributed by atoms with Crippen LogP contribution in [0, 0.1) is 0 Å². The molecule has 0 aliphatic rings. The fourth-order valence-corrected chi connectivity index (χ4v) is 3.17. The number of amides is 1. The van der Waals surface area contributed by atoms with Gasteiger partial charge in [0.15, 0.2) is 0 Å². The molecule has 5 nitrogen and oxygen atoms in total. The summed E-state index contributed by atoms with van der Waals surface area (Å²) in [7, 11) is -3.53. The average Bonchev–Trinajstić information content (AvgIpc) is 2.53. The number of rotatable bonds is 6. The molecule has 0 aliphatic heterocycles. The van der Waals surface area contributed by atoms with Gasteiger partial charge in [0.1, 0.15) is 0 Å². The molecule has 0 bridgehead atoms. The van der Waals surface area contributed by atoms with Crippen LogP contribution in [0.2, 0.25) is 0 Å². The molecule has 1 amide bonds. The van der Waals surface area contributed by atoms with Gasteiger partial charge < -0.3 is 5.32 Å². The molecule has 0 spiro atoms. The molecule has 2 rings (SSSR count). The minimum atomic E-state index is -3.53. The summed E-state index contributed by atoms with van der Waals surface area (Å²) < 4.78 is 25.8. The number of nitrogens with zero attached hydrogens (tertiary/aromatic N) is 1. The molecule has 2 aromatic rings. The van der Waals surface area contributed by atoms with Crippen molar-refractivity contribution in [1.82, 2.24) is 5.32 Å². The minimum Gasteiger partial charge on any atom is -0.352 e. The first-order chi connectivity index (χ1) is 10.9. The molecule has 0 fully saturated rings. The van der Waals surface area contributed by atoms with Crippen LogP contribution in [0.5, 0.6) is 0 Å². The highest BCUT2D eigenvalue weighted by Crippen LogP contribution is 2.25. The Balaban J connectivity index is 2.47. The standard InChI is InChI=1S/C17H20N2O3S/c1-3-18-17(20)15-11-7-8-12-16(15)19(23(2,21)22)13-14-9-5-4-6-10-14/h4-12H,3,13H2,1-2H3,(H,18,20). The lowest BCUT2D eigenvalue weighted by Gasteiger charge is -2.24. The summed E-state index contributed by atoms with van der Waals surface area (Å²) in [6.07, 6.45) is 1.14. The maximum atomic E-state index is 12.3. The van der Waals surface area contributed by atoms with E-state index in [0.717, 1.165) is 11.8 Å². The van der Waals surface area contributed by atoms with Crippen LogP contribution >= 0.6 is 0 Å². The van der Waals surface area contributed by atoms with E-state index in [-0.39, 0.29) is 12.5 Å². The van der Waals surface area contributed by atoms with E-state index in [4.69, 9.17) is 0 Å². The van der Waals surface area contributed by atoms with E-state index in [1.807, 2.05) is 37.3 Å². The first-order valence-corrected chi connectivity index (χ1v) is 9.17. The van der Waals surface area contributed by atoms with E-state index in [1.54, 1.807) is 24.3 Å². The SMILES string of the molecule is CCNC(=O)c1ccccc1N(Cc1ccccc1)S(C)(=O)=O. The lowest BCUT2D eigenvalue weighted by Crippen LogP contribution is -2.32. The predicted molar refractivity (Wildman–Crippen MR) is 91.9 cm³/mol. The van der Waals surface area contributed by atoms with Gasteiger partial charge in [0, 0.05) is 6.54 Å². The highest BCUT2D eigenvalue weighted by Gasteiger charge is 2.23. The van der Waals surface area contributed by atoms with Crippen LogP contribution in [0.1, 0.15) is 22.8 Å². The minimum absolute atomic E-state index is 0.177. The molecule has 0 unspecified atom stereocenters. The lowest BCUT2D eigenvalue weighted by atomic mass is 10.1. The van der Waals surface area contributed by atoms with Crippen LogP contribution < -0.4 is 9.62 Å². The van der Waals surface area contributed by atoms with Gasteiger partial charge in [0.25, 0.3) is 5.91 Å². The number of benzene rings is 2. The van der Waals surface area contributed by atoms with E-state index >= 15 is 0 Å². The van der Waals surface area contributed by atoms with E-state index in [1.165, 1.54) is 4.31 Å². The van der Waals surface area contributed by atoms with Crippen LogP contribution in [0.3, 0.4) is 0 Å². The van der Waals surface area contributed by atoms with E-state index in [2.05, 4.69) is 5.32 Å². The highest BCUT2D eigenvalue weighted by atomic mass is 32.2. The third-order valence-corrected chi connectivity index (χ3v) is 4.45. The molecule has 1 N–H and O–H groups in total. The number of anilines is 1. The summed E-state index contributed by atoms with van der Waals surface area (Å²) in [4.78, 5) is 12.2. The van der Waals surface area contributed by atoms with Crippen LogP contribution in [0.15, 0.2) is 54.6 Å². The van der Waals surface area contributed by atoms with Gasteiger partial charge in [0.2, 0.25) is 10.0 Å². The molecule has 0 aliphatic carbocycles. The molecular formula is C17H20N2O3S. The quantitative estimate of drug-likeness (QED) is 0.883. The normalized spacial score (nSPS) is 11.0. The zero-order valence-corrected chi connectivity index (χ0v) is 14.0. The number of carbonyl (C=O) groups is 1. The van der Waals surface area contributed by atoms with Crippen molar-refractivity contribution in [1.29, 1.82) is 0 Å². The van der Waals surface area contributed by atoms with Crippen LogP contribution in [0.4, 0.5) is 5.69 Å². The Bertz CT molecular complexity index is 773. The molecule has 23 heavy (non-hydrogen) atoms. The van der Waals surface area contributed by atoms with E-state index in [0.29, 0.717) is 17.8 Å². The Labute approximate surface area is 137 Å². The second kappa shape index (κ2) is 7.28. The highest BCUT2D eigenvalue weighted by molar-refractivity contribution is 7.92. The summed E-state index contributed by atoms with van der Waals surface area (Å²) in [6.45, 7) is 2.47. The maximum absolute atomic E-state index is 12.3. The van der Waals surface area contributed by atoms with Gasteiger partial charge in [-0.1, -0.05) is 42.5 Å². The molecule has 6 heteroatoms. The number of sulfonamides is 1. The number of hydrogen-bond acceptors (Lipinski definition) is 3. The fraction of sp³-hybridized carbons (Fsp3) is 0.235. The first-order valence-electron chi connectivity index (χ1n) is 7.32. The number of para-hydroxylation sites is 1. The van der Waals surface area contributed by atoms with Crippen molar-refractivity contribution in [2.45, 2.75) is 13.5 Å². The first kappa shape index (κ1) is 17.0. The summed E-state index contributed by atoms with van der Waals surface area (Å²) in [6, 6.07) is 16.0. The van der Waals surface area contributed by atoms with Gasteiger partial charge in [-0.3, -0.25) is 9.10 Å². The van der Waals surface area contributed by atoms with E-state index in [9.17, 15) is 13.2 Å². The summed E-state index contributed by atoms with van der Waals surface area (Å²) in [5.41, 5.74) is 1.57. The Morgan fingerprint density at radius 3 is 2.26 bits per heavy atom. The molecule has 0 saturated carbocycles. The molecule has 0 saturated heterocycles. The van der Waals surface area contributed by atoms with Crippen LogP contribution in [0.25, 0.3) is 0 Å². The van der Waals surface area contributed by atoms with Crippen LogP contribution in [-0.2, 0) is 16.6 Å². The van der Waals surface area contributed by atoms with Crippen molar-refractivity contribution < 1.29 is 13.2 Å². The van der Waals surface area contributed by atoms with E-state index < -0.39 is 10.0 Å². The summed E-state index contributed by atoms with van der Waals surface area (Å²) in [5, 5.41) is 2.71. The van der Waals surface area contributed by atoms with Gasteiger partial charge in [-0.25, -0.2) is 8.42 Å². The fourth-order valence-electron chi connectivity index (χ4n) is 2.27. The maximum Gasteiger partial charge on any atom is 0.253 e. The Hall–Kier alpha value is -2.34. The van der Waals surface area contributed by atoms with Gasteiger partial charge in [-0.15, -0.1) is 0 Å². The molecule has 0 atom stereocenters. The molecule has 0 aromatic heterocycles. The lowest BCUT2D eigenvalue weighted by molar-refractivity contribution is 0.0956. The van der Waals surface area contributed by atoms with Gasteiger partial charge in [-0.2, -0.15) is 0 Å². The second-order valence-corrected chi connectivity index (χ2v) is 7.04. The Morgan fingerprint density at radius 2 is 1.65 bits per heavy atom. The van der Waals surface area contributed by atoms with Crippen molar-refractivity contribution >= 4 is 21.6 Å². The zero-order valence-electron chi connectivity index (χ0n) is 13.2. The topological polar surface area (TPSA) is 66.5 Å². The van der Waals surface area contributed by atoms with Gasteiger partial charge in [0.05, 0.1) is 24.1 Å². The van der Waals surface area contributed by atoms with Gasteiger partial charge >= 0.3 is 0 Å². The zero-order chi connectivity index (χ0) is 16.9. The monoisotopic (exact) mass is 332 g/mol. The Kier molecular flexibility index (Phi) is 5.39. The average molecular weight is 332 g/mol. The number of hydrogen-bond donors (Lipinski definition) is 1. The summed E-state index contributed by atoms with van der Waals surface area (Å²) >= 11 is 0. The van der Waals surface area contributed by atoms with Gasteiger partial charge in [-0.05, 0) is 24.6 Å². The number of carbonyl (C=O) groups excluding carboxylic acids is 1. The smallest absolute Gasteiger partial charge is 0.253 e. The molecule has 0 radical (unpaired) electrons. The number of nitrogens with one attached hydrogen (secondary N) is 1. The molecule has 0 heterocycles. The largest absolute Gasteiger partial charge is 0.352 e. The second-order valence-electron chi connectivity index (χ2n) is 5.13. The van der Waals surface area contributed by atoms with Crippen molar-refractivity contribution in [2.24, 2.45) is 0 Å². The Morgan fingerprint density at radius 1 is 1.04 bits per heavy atom. The third-order valence-electron chi connectivity index (χ3n) is 3.32. The molecule has 2 aromatic carbocycles. The van der Waals surface area contributed by atoms with Crippen LogP contribution in [-0.4, -0.2) is 27.1 Å². The summed E-state index contributed by atoms with van der Waals surface area (Å²) in [5.74, 6) is -0.287. The molecular weight excluding hydrogens is 312 g/mol. The van der Waals surface area contributed by atoms with Crippen molar-refractivity contribution in [3.05, 3.63) is 65.7 Å². The van der Waals surface area contributed by atoms with Crippen molar-refractivity contribution in [3.8, 4) is 0 Å². The molecule has 122 valence electrons.